The molecule has 1 aliphatic rings. The topological polar surface area (TPSA) is 50.4 Å². The molecule has 2 rings (SSSR count). The molecule has 1 aromatic rings. The van der Waals surface area contributed by atoms with Crippen LogP contribution in [0.3, 0.4) is 0 Å². The van der Waals surface area contributed by atoms with Crippen molar-refractivity contribution in [2.24, 2.45) is 5.92 Å². The van der Waals surface area contributed by atoms with Crippen LogP contribution in [-0.4, -0.2) is 24.3 Å². The second-order valence-corrected chi connectivity index (χ2v) is 7.00. The Morgan fingerprint density at radius 3 is 2.39 bits per heavy atom. The number of amides is 1. The first-order valence-electron chi connectivity index (χ1n) is 7.88. The molecule has 1 unspecified atom stereocenters. The van der Waals surface area contributed by atoms with Crippen LogP contribution in [0.15, 0.2) is 18.2 Å². The molecule has 1 amide bonds. The van der Waals surface area contributed by atoms with Crippen molar-refractivity contribution >= 4 is 6.09 Å². The van der Waals surface area contributed by atoms with Crippen LogP contribution in [0.1, 0.15) is 39.2 Å². The van der Waals surface area contributed by atoms with Gasteiger partial charge in [0.05, 0.1) is 0 Å². The highest BCUT2D eigenvalue weighted by atomic mass is 19.1. The van der Waals surface area contributed by atoms with Gasteiger partial charge in [-0.1, -0.05) is 0 Å². The van der Waals surface area contributed by atoms with Crippen LogP contribution in [-0.2, 0) is 11.3 Å². The van der Waals surface area contributed by atoms with Crippen molar-refractivity contribution in [3.05, 3.63) is 35.4 Å². The van der Waals surface area contributed by atoms with Crippen LogP contribution in [0.25, 0.3) is 0 Å². The van der Waals surface area contributed by atoms with E-state index in [1.807, 2.05) is 20.8 Å². The number of ether oxygens (including phenoxy) is 1. The number of halogens is 2. The fourth-order valence-electron chi connectivity index (χ4n) is 2.38. The zero-order valence-corrected chi connectivity index (χ0v) is 13.8. The summed E-state index contributed by atoms with van der Waals surface area (Å²) in [5, 5.41) is 6.01. The van der Waals surface area contributed by atoms with E-state index in [2.05, 4.69) is 10.6 Å². The second-order valence-electron chi connectivity index (χ2n) is 7.00. The summed E-state index contributed by atoms with van der Waals surface area (Å²) in [6, 6.07) is 3.40. The Morgan fingerprint density at radius 2 is 1.87 bits per heavy atom. The Kier molecular flexibility index (Phi) is 5.57. The van der Waals surface area contributed by atoms with Gasteiger partial charge in [-0.15, -0.1) is 0 Å². The molecule has 0 aliphatic heterocycles. The Balaban J connectivity index is 1.82. The van der Waals surface area contributed by atoms with E-state index in [9.17, 15) is 13.6 Å². The molecule has 1 fully saturated rings. The maximum Gasteiger partial charge on any atom is 0.407 e. The normalized spacial score (nSPS) is 16.0. The van der Waals surface area contributed by atoms with Crippen molar-refractivity contribution in [2.75, 3.05) is 6.54 Å². The zero-order valence-electron chi connectivity index (χ0n) is 13.8. The molecule has 1 aliphatic carbocycles. The number of carbonyl (C=O) groups is 1. The Labute approximate surface area is 135 Å². The number of hydrogen-bond acceptors (Lipinski definition) is 3. The van der Waals surface area contributed by atoms with Crippen molar-refractivity contribution in [3.63, 3.8) is 0 Å². The summed E-state index contributed by atoms with van der Waals surface area (Å²) in [5.41, 5.74) is -0.000596. The minimum Gasteiger partial charge on any atom is -0.444 e. The van der Waals surface area contributed by atoms with E-state index < -0.39 is 23.3 Å². The molecule has 2 N–H and O–H groups in total. The van der Waals surface area contributed by atoms with Gasteiger partial charge >= 0.3 is 6.09 Å². The van der Waals surface area contributed by atoms with Crippen LogP contribution in [0.2, 0.25) is 0 Å². The van der Waals surface area contributed by atoms with Crippen LogP contribution < -0.4 is 10.6 Å². The number of alkyl carbamates (subject to hydrolysis) is 1. The maximum atomic E-state index is 13.1. The molecule has 4 nitrogen and oxygen atoms in total. The Hall–Kier alpha value is -1.69. The monoisotopic (exact) mass is 326 g/mol. The molecular weight excluding hydrogens is 302 g/mol. The summed E-state index contributed by atoms with van der Waals surface area (Å²) in [6.45, 7) is 6.32. The lowest BCUT2D eigenvalue weighted by molar-refractivity contribution is 0.0497. The van der Waals surface area contributed by atoms with E-state index in [0.29, 0.717) is 24.6 Å². The smallest absolute Gasteiger partial charge is 0.407 e. The van der Waals surface area contributed by atoms with Gasteiger partial charge in [0.2, 0.25) is 0 Å². The molecule has 1 saturated carbocycles. The third-order valence-electron chi connectivity index (χ3n) is 3.51. The molecule has 6 heteroatoms. The van der Waals surface area contributed by atoms with Crippen molar-refractivity contribution < 1.29 is 18.3 Å². The third kappa shape index (κ3) is 6.52. The van der Waals surface area contributed by atoms with Gasteiger partial charge < -0.3 is 15.4 Å². The lowest BCUT2D eigenvalue weighted by Crippen LogP contribution is -2.45. The molecule has 128 valence electrons. The molecule has 0 spiro atoms. The van der Waals surface area contributed by atoms with Crippen LogP contribution in [0, 0.1) is 17.6 Å². The highest BCUT2D eigenvalue weighted by Gasteiger charge is 2.33. The first-order valence-corrected chi connectivity index (χ1v) is 7.88. The van der Waals surface area contributed by atoms with Crippen molar-refractivity contribution in [3.8, 4) is 0 Å². The molecule has 0 aromatic heterocycles. The first-order chi connectivity index (χ1) is 10.7. The predicted octanol–water partition coefficient (Wildman–Crippen LogP) is 3.36. The summed E-state index contributed by atoms with van der Waals surface area (Å²) < 4.78 is 31.5. The fraction of sp³-hybridized carbons (Fsp3) is 0.588. The Bertz CT molecular complexity index is 534. The molecule has 23 heavy (non-hydrogen) atoms. The highest BCUT2D eigenvalue weighted by Crippen LogP contribution is 2.32. The summed E-state index contributed by atoms with van der Waals surface area (Å²) in [5.74, 6) is -0.751. The van der Waals surface area contributed by atoms with Crippen molar-refractivity contribution in [1.29, 1.82) is 0 Å². The predicted molar refractivity (Wildman–Crippen MR) is 83.9 cm³/mol. The fourth-order valence-corrected chi connectivity index (χ4v) is 2.38. The third-order valence-corrected chi connectivity index (χ3v) is 3.51. The molecule has 1 atom stereocenters. The van der Waals surface area contributed by atoms with Gasteiger partial charge in [0.15, 0.2) is 0 Å². The van der Waals surface area contributed by atoms with Gasteiger partial charge in [0.1, 0.15) is 17.2 Å². The molecule has 1 aromatic carbocycles. The SMILES string of the molecule is CC(C)(C)OC(=O)NC(CNCc1cc(F)cc(F)c1)C1CC1. The average Bonchev–Trinajstić information content (AvgIpc) is 3.18. The van der Waals surface area contributed by atoms with E-state index in [-0.39, 0.29) is 6.04 Å². The van der Waals surface area contributed by atoms with Crippen molar-refractivity contribution in [1.82, 2.24) is 10.6 Å². The van der Waals surface area contributed by atoms with E-state index >= 15 is 0 Å². The first kappa shape index (κ1) is 17.7. The average molecular weight is 326 g/mol. The van der Waals surface area contributed by atoms with E-state index in [1.165, 1.54) is 12.1 Å². The van der Waals surface area contributed by atoms with Gasteiger partial charge in [-0.05, 0) is 57.2 Å². The number of rotatable bonds is 6. The Morgan fingerprint density at radius 1 is 1.26 bits per heavy atom. The molecular formula is C17H24F2N2O2. The summed E-state index contributed by atoms with van der Waals surface area (Å²) >= 11 is 0. The quantitative estimate of drug-likeness (QED) is 0.843. The molecule has 0 bridgehead atoms. The number of hydrogen-bond donors (Lipinski definition) is 2. The van der Waals surface area contributed by atoms with Crippen LogP contribution >= 0.6 is 0 Å². The minimum absolute atomic E-state index is 0.0387. The van der Waals surface area contributed by atoms with Gasteiger partial charge in [-0.25, -0.2) is 13.6 Å². The standard InChI is InChI=1S/C17H24F2N2O2/c1-17(2,3)23-16(22)21-15(12-4-5-12)10-20-9-11-6-13(18)8-14(19)7-11/h6-8,12,15,20H,4-5,9-10H2,1-3H3,(H,21,22). The highest BCUT2D eigenvalue weighted by molar-refractivity contribution is 5.68. The molecule has 0 heterocycles. The lowest BCUT2D eigenvalue weighted by atomic mass is 10.1. The summed E-state index contributed by atoms with van der Waals surface area (Å²) in [7, 11) is 0. The molecule has 0 saturated heterocycles. The van der Waals surface area contributed by atoms with Crippen LogP contribution in [0.4, 0.5) is 13.6 Å². The van der Waals surface area contributed by atoms with Gasteiger partial charge in [-0.2, -0.15) is 0 Å². The van der Waals surface area contributed by atoms with E-state index in [4.69, 9.17) is 4.74 Å². The zero-order chi connectivity index (χ0) is 17.0. The maximum absolute atomic E-state index is 13.1. The second kappa shape index (κ2) is 7.25. The molecule has 0 radical (unpaired) electrons. The lowest BCUT2D eigenvalue weighted by Gasteiger charge is -2.24. The van der Waals surface area contributed by atoms with Crippen molar-refractivity contribution in [2.45, 2.75) is 51.8 Å². The number of carbonyl (C=O) groups excluding carboxylic acids is 1. The number of nitrogens with one attached hydrogen (secondary N) is 2. The number of benzene rings is 1. The minimum atomic E-state index is -0.590. The summed E-state index contributed by atoms with van der Waals surface area (Å²) in [4.78, 5) is 11.9. The van der Waals surface area contributed by atoms with Gasteiger partial charge in [0.25, 0.3) is 0 Å². The largest absolute Gasteiger partial charge is 0.444 e. The van der Waals surface area contributed by atoms with Crippen LogP contribution in [0.5, 0.6) is 0 Å². The van der Waals surface area contributed by atoms with Gasteiger partial charge in [-0.3, -0.25) is 0 Å². The van der Waals surface area contributed by atoms with Gasteiger partial charge in [0, 0.05) is 25.2 Å². The van der Waals surface area contributed by atoms with E-state index in [0.717, 1.165) is 18.9 Å². The van der Waals surface area contributed by atoms with E-state index in [1.54, 1.807) is 0 Å². The summed E-state index contributed by atoms with van der Waals surface area (Å²) in [6.07, 6.45) is 1.70.